The second-order valence-electron chi connectivity index (χ2n) is 3.58. The van der Waals surface area contributed by atoms with Gasteiger partial charge in [-0.2, -0.15) is 0 Å². The molecule has 1 aromatic heterocycles. The number of nitrogens with zero attached hydrogens (tertiary/aromatic N) is 1. The summed E-state index contributed by atoms with van der Waals surface area (Å²) in [6.07, 6.45) is 1.97. The lowest BCUT2D eigenvalue weighted by Crippen LogP contribution is -2.23. The van der Waals surface area contributed by atoms with Crippen molar-refractivity contribution in [2.45, 2.75) is 13.1 Å². The van der Waals surface area contributed by atoms with Gasteiger partial charge in [0.15, 0.2) is 0 Å². The van der Waals surface area contributed by atoms with Crippen LogP contribution in [0.1, 0.15) is 5.56 Å². The molecule has 0 atom stereocenters. The molecule has 0 fully saturated rings. The van der Waals surface area contributed by atoms with Gasteiger partial charge in [-0.05, 0) is 17.0 Å². The molecule has 3 nitrogen and oxygen atoms in total. The maximum absolute atomic E-state index is 11.4. The predicted molar refractivity (Wildman–Crippen MR) is 53.8 cm³/mol. The minimum atomic E-state index is 0.0821. The molecule has 1 aliphatic rings. The molecule has 1 amide bonds. The second kappa shape index (κ2) is 2.61. The molecule has 1 N–H and O–H groups in total. The highest BCUT2D eigenvalue weighted by Gasteiger charge is 2.13. The van der Waals surface area contributed by atoms with E-state index in [-0.39, 0.29) is 5.91 Å². The van der Waals surface area contributed by atoms with Crippen LogP contribution < -0.4 is 5.32 Å². The van der Waals surface area contributed by atoms with Crippen LogP contribution in [0, 0.1) is 0 Å². The number of carbonyl (C=O) groups is 1. The molecule has 1 aromatic carbocycles. The largest absolute Gasteiger partial charge is 0.350 e. The molecule has 3 rings (SSSR count). The van der Waals surface area contributed by atoms with Crippen LogP contribution in [0.15, 0.2) is 30.5 Å². The van der Waals surface area contributed by atoms with Gasteiger partial charge in [0, 0.05) is 12.7 Å². The van der Waals surface area contributed by atoms with E-state index in [1.165, 1.54) is 16.5 Å². The predicted octanol–water partition coefficient (Wildman–Crippen LogP) is 1.27. The average Bonchev–Trinajstić information content (AvgIpc) is 2.51. The molecule has 70 valence electrons. The lowest BCUT2D eigenvalue weighted by Gasteiger charge is -2.01. The van der Waals surface area contributed by atoms with Crippen LogP contribution in [0.25, 0.3) is 10.9 Å². The van der Waals surface area contributed by atoms with Crippen molar-refractivity contribution >= 4 is 16.8 Å². The van der Waals surface area contributed by atoms with E-state index in [2.05, 4.69) is 23.5 Å². The van der Waals surface area contributed by atoms with Crippen molar-refractivity contribution in [1.29, 1.82) is 0 Å². The Bertz CT molecular complexity index is 513. The Morgan fingerprint density at radius 2 is 2.21 bits per heavy atom. The van der Waals surface area contributed by atoms with Gasteiger partial charge in [-0.1, -0.05) is 18.2 Å². The summed E-state index contributed by atoms with van der Waals surface area (Å²) < 4.78 is 2.01. The average molecular weight is 186 g/mol. The Morgan fingerprint density at radius 3 is 3.14 bits per heavy atom. The van der Waals surface area contributed by atoms with Gasteiger partial charge < -0.3 is 9.88 Å². The minimum Gasteiger partial charge on any atom is -0.350 e. The Labute approximate surface area is 81.3 Å². The van der Waals surface area contributed by atoms with Gasteiger partial charge in [0.1, 0.15) is 6.54 Å². The zero-order valence-electron chi connectivity index (χ0n) is 7.66. The highest BCUT2D eigenvalue weighted by Crippen LogP contribution is 2.21. The van der Waals surface area contributed by atoms with E-state index in [1.54, 1.807) is 0 Å². The van der Waals surface area contributed by atoms with Crippen LogP contribution >= 0.6 is 0 Å². The van der Waals surface area contributed by atoms with Gasteiger partial charge >= 0.3 is 0 Å². The maximum atomic E-state index is 11.4. The Kier molecular flexibility index (Phi) is 1.42. The summed E-state index contributed by atoms with van der Waals surface area (Å²) in [5, 5.41) is 4.09. The van der Waals surface area contributed by atoms with Gasteiger partial charge in [0.05, 0.1) is 5.52 Å². The Balaban J connectivity index is 2.35. The molecule has 0 unspecified atom stereocenters. The zero-order valence-corrected chi connectivity index (χ0v) is 7.66. The first kappa shape index (κ1) is 7.62. The Morgan fingerprint density at radius 1 is 1.29 bits per heavy atom. The van der Waals surface area contributed by atoms with E-state index in [9.17, 15) is 4.79 Å². The molecule has 1 aliphatic heterocycles. The molecule has 0 saturated heterocycles. The summed E-state index contributed by atoms with van der Waals surface area (Å²) >= 11 is 0. The molecular weight excluding hydrogens is 176 g/mol. The van der Waals surface area contributed by atoms with Crippen LogP contribution in [-0.2, 0) is 17.9 Å². The van der Waals surface area contributed by atoms with Crippen LogP contribution in [0.5, 0.6) is 0 Å². The second-order valence-corrected chi connectivity index (χ2v) is 3.58. The number of carbonyl (C=O) groups excluding carboxylic acids is 1. The summed E-state index contributed by atoms with van der Waals surface area (Å²) in [7, 11) is 0. The van der Waals surface area contributed by atoms with E-state index in [0.717, 1.165) is 0 Å². The number of nitrogens with one attached hydrogen (secondary N) is 1. The molecule has 2 heterocycles. The van der Waals surface area contributed by atoms with Crippen molar-refractivity contribution < 1.29 is 4.79 Å². The Hall–Kier alpha value is -1.77. The van der Waals surface area contributed by atoms with Crippen molar-refractivity contribution in [3.05, 3.63) is 36.0 Å². The molecule has 14 heavy (non-hydrogen) atoms. The van der Waals surface area contributed by atoms with E-state index in [1.807, 2.05) is 16.8 Å². The molecule has 0 spiro atoms. The normalized spacial score (nSPS) is 15.3. The summed E-state index contributed by atoms with van der Waals surface area (Å²) in [4.78, 5) is 11.4. The molecular formula is C11H10N2O. The third-order valence-corrected chi connectivity index (χ3v) is 2.66. The maximum Gasteiger partial charge on any atom is 0.240 e. The van der Waals surface area contributed by atoms with Crippen molar-refractivity contribution in [1.82, 2.24) is 9.88 Å². The van der Waals surface area contributed by atoms with Crippen molar-refractivity contribution in [3.63, 3.8) is 0 Å². The summed E-state index contributed by atoms with van der Waals surface area (Å²) in [5.41, 5.74) is 2.38. The van der Waals surface area contributed by atoms with Crippen molar-refractivity contribution in [3.8, 4) is 0 Å². The van der Waals surface area contributed by atoms with Gasteiger partial charge in [0.25, 0.3) is 0 Å². The molecule has 2 aromatic rings. The first-order chi connectivity index (χ1) is 6.84. The van der Waals surface area contributed by atoms with Crippen LogP contribution in [0.2, 0.25) is 0 Å². The topological polar surface area (TPSA) is 34.0 Å². The quantitative estimate of drug-likeness (QED) is 0.660. The number of hydrogen-bond donors (Lipinski definition) is 1. The molecule has 0 radical (unpaired) electrons. The lowest BCUT2D eigenvalue weighted by molar-refractivity contribution is -0.121. The third-order valence-electron chi connectivity index (χ3n) is 2.66. The fourth-order valence-corrected chi connectivity index (χ4v) is 2.02. The number of aromatic nitrogens is 1. The molecule has 0 saturated carbocycles. The van der Waals surface area contributed by atoms with E-state index in [4.69, 9.17) is 0 Å². The summed E-state index contributed by atoms with van der Waals surface area (Å²) in [6.45, 7) is 1.07. The van der Waals surface area contributed by atoms with Gasteiger partial charge in [0.2, 0.25) is 5.91 Å². The zero-order chi connectivity index (χ0) is 9.54. The van der Waals surface area contributed by atoms with E-state index in [0.29, 0.717) is 13.1 Å². The van der Waals surface area contributed by atoms with Gasteiger partial charge in [-0.15, -0.1) is 0 Å². The SMILES string of the molecule is O=C1Cn2ccc3cccc(c32)CN1. The first-order valence-electron chi connectivity index (χ1n) is 4.68. The fourth-order valence-electron chi connectivity index (χ4n) is 2.02. The highest BCUT2D eigenvalue weighted by molar-refractivity contribution is 5.87. The number of amides is 1. The number of hydrogen-bond acceptors (Lipinski definition) is 1. The monoisotopic (exact) mass is 186 g/mol. The van der Waals surface area contributed by atoms with Crippen molar-refractivity contribution in [2.24, 2.45) is 0 Å². The van der Waals surface area contributed by atoms with Crippen molar-refractivity contribution in [2.75, 3.05) is 0 Å². The standard InChI is InChI=1S/C11H10N2O/c14-10-7-13-5-4-8-2-1-3-9(6-12-10)11(8)13/h1-5H,6-7H2,(H,12,14). The highest BCUT2D eigenvalue weighted by atomic mass is 16.1. The van der Waals surface area contributed by atoms with Crippen LogP contribution in [0.3, 0.4) is 0 Å². The molecule has 0 aliphatic carbocycles. The van der Waals surface area contributed by atoms with E-state index >= 15 is 0 Å². The summed E-state index contributed by atoms with van der Waals surface area (Å²) in [5.74, 6) is 0.0821. The first-order valence-corrected chi connectivity index (χ1v) is 4.68. The summed E-state index contributed by atoms with van der Waals surface area (Å²) in [6, 6.07) is 8.21. The third kappa shape index (κ3) is 0.954. The minimum absolute atomic E-state index is 0.0821. The number of rotatable bonds is 0. The smallest absolute Gasteiger partial charge is 0.240 e. The van der Waals surface area contributed by atoms with Gasteiger partial charge in [-0.3, -0.25) is 4.79 Å². The molecule has 0 bridgehead atoms. The van der Waals surface area contributed by atoms with E-state index < -0.39 is 0 Å². The van der Waals surface area contributed by atoms with Crippen LogP contribution in [0.4, 0.5) is 0 Å². The lowest BCUT2D eigenvalue weighted by atomic mass is 10.1. The molecule has 3 heteroatoms. The number of benzene rings is 1. The fraction of sp³-hybridized carbons (Fsp3) is 0.182. The van der Waals surface area contributed by atoms with Crippen LogP contribution in [-0.4, -0.2) is 10.5 Å². The van der Waals surface area contributed by atoms with Gasteiger partial charge in [-0.25, -0.2) is 0 Å². The number of para-hydroxylation sites is 1.